The van der Waals surface area contributed by atoms with Gasteiger partial charge in [0.1, 0.15) is 11.5 Å². The van der Waals surface area contributed by atoms with Gasteiger partial charge in [0.2, 0.25) is 0 Å². The van der Waals surface area contributed by atoms with Gasteiger partial charge in [-0.05, 0) is 40.2 Å². The van der Waals surface area contributed by atoms with Gasteiger partial charge in [-0.15, -0.1) is 13.2 Å². The first kappa shape index (κ1) is 13.7. The van der Waals surface area contributed by atoms with Crippen molar-refractivity contribution in [2.75, 3.05) is 0 Å². The van der Waals surface area contributed by atoms with Crippen molar-refractivity contribution in [2.45, 2.75) is 6.36 Å². The molecule has 0 fully saturated rings. The lowest BCUT2D eigenvalue weighted by molar-refractivity contribution is -0.274. The Morgan fingerprint density at radius 1 is 1.21 bits per heavy atom. The molecule has 1 aromatic heterocycles. The van der Waals surface area contributed by atoms with E-state index < -0.39 is 6.36 Å². The third-order valence-corrected chi connectivity index (χ3v) is 3.02. The second-order valence-corrected chi connectivity index (χ2v) is 4.28. The van der Waals surface area contributed by atoms with Crippen LogP contribution in [-0.2, 0) is 0 Å². The van der Waals surface area contributed by atoms with E-state index in [2.05, 4.69) is 20.7 Å². The van der Waals surface area contributed by atoms with Crippen molar-refractivity contribution in [1.82, 2.24) is 0 Å². The Hall–Kier alpha value is -1.76. The third-order valence-electron chi connectivity index (χ3n) is 2.20. The zero-order valence-electron chi connectivity index (χ0n) is 9.20. The van der Waals surface area contributed by atoms with E-state index in [0.717, 1.165) is 0 Å². The summed E-state index contributed by atoms with van der Waals surface area (Å²) < 4.78 is 45.7. The van der Waals surface area contributed by atoms with Crippen LogP contribution in [0.3, 0.4) is 0 Å². The molecule has 0 unspecified atom stereocenters. The fourth-order valence-corrected chi connectivity index (χ4v) is 2.01. The molecule has 2 aromatic rings. The Labute approximate surface area is 114 Å². The van der Waals surface area contributed by atoms with Crippen molar-refractivity contribution >= 4 is 22.2 Å². The fourth-order valence-electron chi connectivity index (χ4n) is 1.47. The van der Waals surface area contributed by atoms with Crippen LogP contribution in [-0.4, -0.2) is 12.6 Å². The molecule has 1 heterocycles. The largest absolute Gasteiger partial charge is 0.573 e. The normalized spacial score (nSPS) is 11.4. The SMILES string of the molecule is O=Cc1ccc(-c2cccc(OC(F)(F)F)c2Br)o1. The highest BCUT2D eigenvalue weighted by Crippen LogP contribution is 2.38. The van der Waals surface area contributed by atoms with Crippen LogP contribution in [0.15, 0.2) is 39.2 Å². The average molecular weight is 335 g/mol. The molecule has 0 spiro atoms. The smallest absolute Gasteiger partial charge is 0.453 e. The van der Waals surface area contributed by atoms with E-state index in [1.807, 2.05) is 0 Å². The lowest BCUT2D eigenvalue weighted by atomic mass is 10.1. The predicted octanol–water partition coefficient (Wildman–Crippen LogP) is 4.42. The standard InChI is InChI=1S/C12H6BrF3O3/c13-11-8(9-5-4-7(6-17)18-9)2-1-3-10(11)19-12(14,15)16/h1-6H. The lowest BCUT2D eigenvalue weighted by Gasteiger charge is -2.12. The number of benzene rings is 1. The summed E-state index contributed by atoms with van der Waals surface area (Å²) in [6, 6.07) is 7.02. The van der Waals surface area contributed by atoms with Crippen molar-refractivity contribution in [3.05, 3.63) is 40.6 Å². The second-order valence-electron chi connectivity index (χ2n) is 3.49. The summed E-state index contributed by atoms with van der Waals surface area (Å²) in [6.45, 7) is 0. The first-order chi connectivity index (χ1) is 8.90. The minimum absolute atomic E-state index is 0.0871. The molecule has 0 aliphatic carbocycles. The molecule has 0 bridgehead atoms. The van der Waals surface area contributed by atoms with Crippen molar-refractivity contribution in [3.63, 3.8) is 0 Å². The Balaban J connectivity index is 2.42. The maximum atomic E-state index is 12.2. The molecule has 0 saturated carbocycles. The third kappa shape index (κ3) is 3.17. The van der Waals surface area contributed by atoms with Crippen molar-refractivity contribution < 1.29 is 27.1 Å². The zero-order chi connectivity index (χ0) is 14.0. The molecule has 0 amide bonds. The molecule has 3 nitrogen and oxygen atoms in total. The molecular formula is C12H6BrF3O3. The van der Waals surface area contributed by atoms with Crippen molar-refractivity contribution in [1.29, 1.82) is 0 Å². The molecule has 0 N–H and O–H groups in total. The Morgan fingerprint density at radius 2 is 1.95 bits per heavy atom. The second kappa shape index (κ2) is 5.08. The van der Waals surface area contributed by atoms with Gasteiger partial charge >= 0.3 is 6.36 Å². The maximum absolute atomic E-state index is 12.2. The summed E-state index contributed by atoms with van der Waals surface area (Å²) in [4.78, 5) is 10.5. The Morgan fingerprint density at radius 3 is 2.53 bits per heavy atom. The monoisotopic (exact) mass is 334 g/mol. The number of alkyl halides is 3. The summed E-state index contributed by atoms with van der Waals surface area (Å²) >= 11 is 3.03. The van der Waals surface area contributed by atoms with Crippen molar-refractivity contribution in [2.24, 2.45) is 0 Å². The number of carbonyl (C=O) groups excluding carboxylic acids is 1. The van der Waals surface area contributed by atoms with Gasteiger partial charge in [-0.3, -0.25) is 4.79 Å². The number of halogens is 4. The summed E-state index contributed by atoms with van der Waals surface area (Å²) in [7, 11) is 0. The first-order valence-corrected chi connectivity index (χ1v) is 5.79. The van der Waals surface area contributed by atoms with E-state index in [-0.39, 0.29) is 21.7 Å². The molecule has 0 radical (unpaired) electrons. The topological polar surface area (TPSA) is 39.4 Å². The highest BCUT2D eigenvalue weighted by molar-refractivity contribution is 9.10. The molecule has 0 atom stereocenters. The van der Waals surface area contributed by atoms with E-state index >= 15 is 0 Å². The van der Waals surface area contributed by atoms with E-state index in [0.29, 0.717) is 11.8 Å². The summed E-state index contributed by atoms with van der Waals surface area (Å²) in [6.07, 6.45) is -4.27. The van der Waals surface area contributed by atoms with Crippen LogP contribution < -0.4 is 4.74 Å². The minimum Gasteiger partial charge on any atom is -0.453 e. The van der Waals surface area contributed by atoms with Gasteiger partial charge in [0.15, 0.2) is 12.0 Å². The summed E-state index contributed by atoms with van der Waals surface area (Å²) in [5.74, 6) is -0.0281. The van der Waals surface area contributed by atoms with Gasteiger partial charge in [-0.25, -0.2) is 0 Å². The molecule has 0 aliphatic heterocycles. The highest BCUT2D eigenvalue weighted by Gasteiger charge is 2.32. The maximum Gasteiger partial charge on any atom is 0.573 e. The average Bonchev–Trinajstić information content (AvgIpc) is 2.78. The molecule has 100 valence electrons. The van der Waals surface area contributed by atoms with Crippen LogP contribution in [0.1, 0.15) is 10.6 Å². The van der Waals surface area contributed by atoms with Crippen molar-refractivity contribution in [3.8, 4) is 17.1 Å². The number of carbonyl (C=O) groups is 1. The van der Waals surface area contributed by atoms with Gasteiger partial charge in [0.05, 0.1) is 4.47 Å². The predicted molar refractivity (Wildman–Crippen MR) is 63.9 cm³/mol. The molecular weight excluding hydrogens is 329 g/mol. The van der Waals surface area contributed by atoms with Crippen LogP contribution >= 0.6 is 15.9 Å². The van der Waals surface area contributed by atoms with E-state index in [4.69, 9.17) is 4.42 Å². The van der Waals surface area contributed by atoms with Crippen LogP contribution in [0.5, 0.6) is 5.75 Å². The first-order valence-electron chi connectivity index (χ1n) is 5.00. The zero-order valence-corrected chi connectivity index (χ0v) is 10.8. The highest BCUT2D eigenvalue weighted by atomic mass is 79.9. The quantitative estimate of drug-likeness (QED) is 0.780. The van der Waals surface area contributed by atoms with E-state index in [1.165, 1.54) is 24.3 Å². The van der Waals surface area contributed by atoms with Crippen LogP contribution in [0.25, 0.3) is 11.3 Å². The number of furan rings is 1. The molecule has 7 heteroatoms. The Kier molecular flexibility index (Phi) is 3.66. The van der Waals surface area contributed by atoms with Gasteiger partial charge in [0.25, 0.3) is 0 Å². The number of aldehydes is 1. The lowest BCUT2D eigenvalue weighted by Crippen LogP contribution is -2.17. The molecule has 19 heavy (non-hydrogen) atoms. The summed E-state index contributed by atoms with van der Waals surface area (Å²) in [5, 5.41) is 0. The minimum atomic E-state index is -4.78. The molecule has 0 aliphatic rings. The van der Waals surface area contributed by atoms with Crippen LogP contribution in [0.4, 0.5) is 13.2 Å². The number of hydrogen-bond donors (Lipinski definition) is 0. The van der Waals surface area contributed by atoms with E-state index in [9.17, 15) is 18.0 Å². The fraction of sp³-hybridized carbons (Fsp3) is 0.0833. The van der Waals surface area contributed by atoms with E-state index in [1.54, 1.807) is 6.07 Å². The number of ether oxygens (including phenoxy) is 1. The van der Waals surface area contributed by atoms with Gasteiger partial charge < -0.3 is 9.15 Å². The van der Waals surface area contributed by atoms with Gasteiger partial charge in [0, 0.05) is 5.56 Å². The summed E-state index contributed by atoms with van der Waals surface area (Å²) in [5.41, 5.74) is 0.356. The molecule has 1 aromatic carbocycles. The van der Waals surface area contributed by atoms with Gasteiger partial charge in [-0.2, -0.15) is 0 Å². The number of hydrogen-bond acceptors (Lipinski definition) is 3. The molecule has 0 saturated heterocycles. The Bertz CT molecular complexity index is 605. The number of rotatable bonds is 3. The van der Waals surface area contributed by atoms with Crippen LogP contribution in [0, 0.1) is 0 Å². The van der Waals surface area contributed by atoms with Crippen LogP contribution in [0.2, 0.25) is 0 Å². The van der Waals surface area contributed by atoms with Gasteiger partial charge in [-0.1, -0.05) is 6.07 Å². The molecule has 2 rings (SSSR count).